The average molecular weight is 385 g/mol. The summed E-state index contributed by atoms with van der Waals surface area (Å²) in [6, 6.07) is 7.52. The first kappa shape index (κ1) is 19.8. The second-order valence-electron chi connectivity index (χ2n) is 6.44. The number of aryl methyl sites for hydroxylation is 1. The Hall–Kier alpha value is -2.91. The van der Waals surface area contributed by atoms with Crippen LogP contribution in [0, 0.1) is 6.92 Å². The van der Waals surface area contributed by atoms with Crippen LogP contribution in [0.2, 0.25) is 0 Å². The van der Waals surface area contributed by atoms with E-state index < -0.39 is 0 Å². The molecule has 0 bridgehead atoms. The number of rotatable bonds is 8. The second kappa shape index (κ2) is 9.86. The van der Waals surface area contributed by atoms with Gasteiger partial charge in [-0.1, -0.05) is 6.07 Å². The number of hydrogen-bond donors (Lipinski definition) is 3. The van der Waals surface area contributed by atoms with Gasteiger partial charge in [0.2, 0.25) is 11.8 Å². The zero-order chi connectivity index (χ0) is 19.8. The summed E-state index contributed by atoms with van der Waals surface area (Å²) in [4.78, 5) is 11.2. The third-order valence-electron chi connectivity index (χ3n) is 4.20. The second-order valence-corrected chi connectivity index (χ2v) is 6.44. The van der Waals surface area contributed by atoms with E-state index in [9.17, 15) is 0 Å². The molecular formula is C19H27N7O2. The molecule has 9 heteroatoms. The number of aromatic nitrogens is 2. The Morgan fingerprint density at radius 3 is 2.89 bits per heavy atom. The minimum absolute atomic E-state index is 0.517. The number of hydrogen-bond acceptors (Lipinski definition) is 9. The van der Waals surface area contributed by atoms with E-state index in [1.54, 1.807) is 12.3 Å². The molecule has 1 aliphatic heterocycles. The van der Waals surface area contributed by atoms with Crippen molar-refractivity contribution in [3.05, 3.63) is 35.5 Å². The molecule has 1 aromatic heterocycles. The highest BCUT2D eigenvalue weighted by Gasteiger charge is 2.16. The van der Waals surface area contributed by atoms with Crippen LogP contribution in [0.3, 0.4) is 0 Å². The van der Waals surface area contributed by atoms with Crippen LogP contribution in [0.15, 0.2) is 29.4 Å². The van der Waals surface area contributed by atoms with Crippen LogP contribution >= 0.6 is 0 Å². The first-order chi connectivity index (χ1) is 13.7. The number of anilines is 3. The van der Waals surface area contributed by atoms with Gasteiger partial charge in [0.05, 0.1) is 36.5 Å². The predicted molar refractivity (Wildman–Crippen MR) is 111 cm³/mol. The van der Waals surface area contributed by atoms with Gasteiger partial charge in [0.15, 0.2) is 0 Å². The van der Waals surface area contributed by atoms with Crippen LogP contribution < -0.4 is 26.1 Å². The highest BCUT2D eigenvalue weighted by Crippen LogP contribution is 2.20. The Labute approximate surface area is 164 Å². The zero-order valence-corrected chi connectivity index (χ0v) is 16.3. The number of benzene rings is 1. The Balaban J connectivity index is 1.77. The van der Waals surface area contributed by atoms with Crippen LogP contribution in [-0.2, 0) is 4.74 Å². The summed E-state index contributed by atoms with van der Waals surface area (Å²) in [5.74, 6) is 1.13. The van der Waals surface area contributed by atoms with Crippen molar-refractivity contribution in [3.8, 4) is 5.88 Å². The molecule has 1 aliphatic rings. The first-order valence-corrected chi connectivity index (χ1v) is 9.30. The van der Waals surface area contributed by atoms with E-state index in [4.69, 9.17) is 15.2 Å². The van der Waals surface area contributed by atoms with Crippen LogP contribution in [0.25, 0.3) is 0 Å². The fourth-order valence-corrected chi connectivity index (χ4v) is 2.67. The third kappa shape index (κ3) is 5.54. The van der Waals surface area contributed by atoms with E-state index in [1.807, 2.05) is 32.2 Å². The molecule has 1 aromatic carbocycles. The molecule has 1 fully saturated rings. The number of ether oxygens (including phenoxy) is 2. The lowest BCUT2D eigenvalue weighted by molar-refractivity contribution is 0.122. The van der Waals surface area contributed by atoms with Crippen molar-refractivity contribution in [1.29, 1.82) is 0 Å². The van der Waals surface area contributed by atoms with E-state index in [-0.39, 0.29) is 0 Å². The average Bonchev–Trinajstić information content (AvgIpc) is 2.71. The molecule has 0 amide bonds. The molecule has 28 heavy (non-hydrogen) atoms. The summed E-state index contributed by atoms with van der Waals surface area (Å²) in [6.45, 7) is 6.06. The summed E-state index contributed by atoms with van der Waals surface area (Å²) in [5, 5.41) is 7.33. The van der Waals surface area contributed by atoms with Gasteiger partial charge in [-0.25, -0.2) is 4.98 Å². The number of nitrogens with zero attached hydrogens (tertiary/aromatic N) is 4. The minimum atomic E-state index is 0.517. The van der Waals surface area contributed by atoms with Crippen LogP contribution in [0.5, 0.6) is 5.88 Å². The molecule has 2 heterocycles. The van der Waals surface area contributed by atoms with Crippen molar-refractivity contribution in [2.45, 2.75) is 6.92 Å². The van der Waals surface area contributed by atoms with Gasteiger partial charge >= 0.3 is 0 Å². The van der Waals surface area contributed by atoms with E-state index >= 15 is 0 Å². The normalized spacial score (nSPS) is 14.4. The minimum Gasteiger partial charge on any atom is -0.476 e. The highest BCUT2D eigenvalue weighted by atomic mass is 16.5. The summed E-state index contributed by atoms with van der Waals surface area (Å²) in [7, 11) is 1.88. The topological polar surface area (TPSA) is 110 Å². The lowest BCUT2D eigenvalue weighted by Crippen LogP contribution is -2.37. The van der Waals surface area contributed by atoms with E-state index in [2.05, 4.69) is 30.7 Å². The number of nitrogen functional groups attached to an aromatic ring is 1. The first-order valence-electron chi connectivity index (χ1n) is 9.30. The molecule has 0 unspecified atom stereocenters. The summed E-state index contributed by atoms with van der Waals surface area (Å²) in [6.07, 6.45) is 1.64. The Kier molecular flexibility index (Phi) is 6.99. The lowest BCUT2D eigenvalue weighted by Gasteiger charge is -2.27. The van der Waals surface area contributed by atoms with Gasteiger partial charge in [-0.05, 0) is 31.7 Å². The number of hydrazone groups is 1. The van der Waals surface area contributed by atoms with Crippen LogP contribution in [0.1, 0.15) is 11.3 Å². The molecule has 1 saturated heterocycles. The van der Waals surface area contributed by atoms with Crippen molar-refractivity contribution < 1.29 is 9.47 Å². The van der Waals surface area contributed by atoms with Gasteiger partial charge in [0.25, 0.3) is 0 Å². The van der Waals surface area contributed by atoms with Gasteiger partial charge in [-0.3, -0.25) is 5.43 Å². The Morgan fingerprint density at radius 2 is 2.11 bits per heavy atom. The molecule has 4 N–H and O–H groups in total. The third-order valence-corrected chi connectivity index (χ3v) is 4.20. The fourth-order valence-electron chi connectivity index (χ4n) is 2.67. The van der Waals surface area contributed by atoms with Gasteiger partial charge < -0.3 is 25.4 Å². The van der Waals surface area contributed by atoms with E-state index in [1.165, 1.54) is 0 Å². The van der Waals surface area contributed by atoms with Gasteiger partial charge in [0, 0.05) is 25.7 Å². The van der Waals surface area contributed by atoms with Crippen molar-refractivity contribution in [2.24, 2.45) is 5.10 Å². The van der Waals surface area contributed by atoms with Crippen molar-refractivity contribution in [2.75, 3.05) is 62.6 Å². The number of likely N-dealkylation sites (N-methyl/N-ethyl adjacent to an activating group) is 1. The quantitative estimate of drug-likeness (QED) is 0.270. The standard InChI is InChI=1S/C19H27N7O2/c1-14-3-4-16(20)17(11-14)25-22-13-15-12-18(28-8-5-21-2)24-19(23-15)26-6-9-27-10-7-26/h3-4,11-13,21,25H,5-10,20H2,1-2H3/b22-13+. The SMILES string of the molecule is CNCCOc1cc(/C=N/Nc2cc(C)ccc2N)nc(N2CCOCC2)n1. The summed E-state index contributed by atoms with van der Waals surface area (Å²) >= 11 is 0. The number of nitrogens with two attached hydrogens (primary N) is 1. The Morgan fingerprint density at radius 1 is 1.29 bits per heavy atom. The molecule has 2 aromatic rings. The molecule has 150 valence electrons. The van der Waals surface area contributed by atoms with E-state index in [0.717, 1.165) is 30.9 Å². The lowest BCUT2D eigenvalue weighted by atomic mass is 10.2. The molecule has 0 spiro atoms. The monoisotopic (exact) mass is 385 g/mol. The largest absolute Gasteiger partial charge is 0.476 e. The Bertz CT molecular complexity index is 807. The number of morpholine rings is 1. The van der Waals surface area contributed by atoms with Crippen molar-refractivity contribution >= 4 is 23.5 Å². The van der Waals surface area contributed by atoms with Crippen LogP contribution in [0.4, 0.5) is 17.3 Å². The predicted octanol–water partition coefficient (Wildman–Crippen LogP) is 1.25. The van der Waals surface area contributed by atoms with Gasteiger partial charge in [-0.15, -0.1) is 0 Å². The van der Waals surface area contributed by atoms with Crippen LogP contribution in [-0.4, -0.2) is 62.7 Å². The molecule has 0 aliphatic carbocycles. The smallest absolute Gasteiger partial charge is 0.229 e. The maximum absolute atomic E-state index is 5.98. The molecule has 9 nitrogen and oxygen atoms in total. The zero-order valence-electron chi connectivity index (χ0n) is 16.3. The van der Waals surface area contributed by atoms with Crippen molar-refractivity contribution in [1.82, 2.24) is 15.3 Å². The molecular weight excluding hydrogens is 358 g/mol. The summed E-state index contributed by atoms with van der Waals surface area (Å²) in [5.41, 5.74) is 12.1. The van der Waals surface area contributed by atoms with Gasteiger partial charge in [-0.2, -0.15) is 10.1 Å². The summed E-state index contributed by atoms with van der Waals surface area (Å²) < 4.78 is 11.2. The fraction of sp³-hybridized carbons (Fsp3) is 0.421. The molecule has 3 rings (SSSR count). The maximum Gasteiger partial charge on any atom is 0.229 e. The molecule has 0 radical (unpaired) electrons. The van der Waals surface area contributed by atoms with Gasteiger partial charge in [0.1, 0.15) is 6.61 Å². The molecule has 0 saturated carbocycles. The number of nitrogens with one attached hydrogen (secondary N) is 2. The molecule has 0 atom stereocenters. The highest BCUT2D eigenvalue weighted by molar-refractivity contribution is 5.79. The van der Waals surface area contributed by atoms with Crippen molar-refractivity contribution in [3.63, 3.8) is 0 Å². The maximum atomic E-state index is 5.98. The van der Waals surface area contributed by atoms with E-state index in [0.29, 0.717) is 43.0 Å².